The highest BCUT2D eigenvalue weighted by molar-refractivity contribution is 5.59. The molecule has 1 N–H and O–H groups in total. The summed E-state index contributed by atoms with van der Waals surface area (Å²) in [5.74, 6) is 0.682. The fourth-order valence-electron chi connectivity index (χ4n) is 1.81. The summed E-state index contributed by atoms with van der Waals surface area (Å²) in [5, 5.41) is 7.49. The molecule has 0 spiro atoms. The fourth-order valence-corrected chi connectivity index (χ4v) is 1.81. The van der Waals surface area contributed by atoms with Crippen LogP contribution in [0.3, 0.4) is 0 Å². The summed E-state index contributed by atoms with van der Waals surface area (Å²) in [6, 6.07) is 1.99. The van der Waals surface area contributed by atoms with Crippen molar-refractivity contribution in [3.8, 4) is 11.4 Å². The fraction of sp³-hybridized carbons (Fsp3) is 0.462. The molecule has 0 fully saturated rings. The van der Waals surface area contributed by atoms with Crippen LogP contribution >= 0.6 is 0 Å². The van der Waals surface area contributed by atoms with Gasteiger partial charge in [0.2, 0.25) is 5.95 Å². The van der Waals surface area contributed by atoms with Gasteiger partial charge in [0, 0.05) is 25.5 Å². The summed E-state index contributed by atoms with van der Waals surface area (Å²) >= 11 is 0. The van der Waals surface area contributed by atoms with E-state index < -0.39 is 0 Å². The first-order valence-electron chi connectivity index (χ1n) is 6.36. The lowest BCUT2D eigenvalue weighted by Gasteiger charge is -2.09. The predicted octanol–water partition coefficient (Wildman–Crippen LogP) is 2.49. The standard InChI is InChI=1S/C13H19N5/c1-4-7-14-13-15-9-10(3)12(17-13)11-6-8-16-18(11)5-2/h6,8-9H,4-5,7H2,1-3H3,(H,14,15,17). The van der Waals surface area contributed by atoms with E-state index in [2.05, 4.69) is 34.2 Å². The number of anilines is 1. The van der Waals surface area contributed by atoms with Crippen molar-refractivity contribution in [1.82, 2.24) is 19.7 Å². The Morgan fingerprint density at radius 2 is 2.17 bits per heavy atom. The third-order valence-corrected chi connectivity index (χ3v) is 2.76. The Morgan fingerprint density at radius 3 is 2.89 bits per heavy atom. The van der Waals surface area contributed by atoms with Crippen molar-refractivity contribution in [1.29, 1.82) is 0 Å². The number of rotatable bonds is 5. The van der Waals surface area contributed by atoms with Crippen LogP contribution in [0, 0.1) is 6.92 Å². The van der Waals surface area contributed by atoms with Gasteiger partial charge in [0.15, 0.2) is 0 Å². The quantitative estimate of drug-likeness (QED) is 0.879. The Morgan fingerprint density at radius 1 is 1.33 bits per heavy atom. The third-order valence-electron chi connectivity index (χ3n) is 2.76. The molecule has 0 atom stereocenters. The van der Waals surface area contributed by atoms with Crippen molar-refractivity contribution in [2.75, 3.05) is 11.9 Å². The maximum absolute atomic E-state index is 4.58. The lowest BCUT2D eigenvalue weighted by atomic mass is 10.2. The Kier molecular flexibility index (Phi) is 3.92. The Bertz CT molecular complexity index is 518. The minimum Gasteiger partial charge on any atom is -0.354 e. The lowest BCUT2D eigenvalue weighted by Crippen LogP contribution is -2.07. The SMILES string of the molecule is CCCNc1ncc(C)c(-c2ccnn2CC)n1. The van der Waals surface area contributed by atoms with Crippen molar-refractivity contribution in [3.63, 3.8) is 0 Å². The number of nitrogens with zero attached hydrogens (tertiary/aromatic N) is 4. The topological polar surface area (TPSA) is 55.6 Å². The van der Waals surface area contributed by atoms with Crippen LogP contribution in [0.2, 0.25) is 0 Å². The molecule has 18 heavy (non-hydrogen) atoms. The molecule has 5 heteroatoms. The second-order valence-electron chi connectivity index (χ2n) is 4.18. The van der Waals surface area contributed by atoms with Crippen LogP contribution in [0.25, 0.3) is 11.4 Å². The van der Waals surface area contributed by atoms with Crippen LogP contribution in [-0.4, -0.2) is 26.3 Å². The average molecular weight is 245 g/mol. The molecule has 2 rings (SSSR count). The first kappa shape index (κ1) is 12.5. The van der Waals surface area contributed by atoms with E-state index in [1.807, 2.05) is 23.9 Å². The zero-order chi connectivity index (χ0) is 13.0. The van der Waals surface area contributed by atoms with Gasteiger partial charge in [0.05, 0.1) is 11.4 Å². The van der Waals surface area contributed by atoms with Gasteiger partial charge in [-0.2, -0.15) is 5.10 Å². The van der Waals surface area contributed by atoms with Crippen LogP contribution in [0.5, 0.6) is 0 Å². The maximum atomic E-state index is 4.58. The van der Waals surface area contributed by atoms with Gasteiger partial charge in [-0.1, -0.05) is 6.92 Å². The van der Waals surface area contributed by atoms with Crippen molar-refractivity contribution < 1.29 is 0 Å². The van der Waals surface area contributed by atoms with Crippen molar-refractivity contribution >= 4 is 5.95 Å². The molecule has 0 aliphatic heterocycles. The highest BCUT2D eigenvalue weighted by Crippen LogP contribution is 2.21. The molecule has 0 aliphatic carbocycles. The van der Waals surface area contributed by atoms with E-state index in [-0.39, 0.29) is 0 Å². The third kappa shape index (κ3) is 2.50. The highest BCUT2D eigenvalue weighted by Gasteiger charge is 2.10. The van der Waals surface area contributed by atoms with Crippen molar-refractivity contribution in [2.24, 2.45) is 0 Å². The summed E-state index contributed by atoms with van der Waals surface area (Å²) in [6.07, 6.45) is 4.71. The van der Waals surface area contributed by atoms with Gasteiger partial charge in [-0.25, -0.2) is 9.97 Å². The van der Waals surface area contributed by atoms with E-state index in [0.29, 0.717) is 5.95 Å². The van der Waals surface area contributed by atoms with E-state index in [0.717, 1.165) is 36.5 Å². The molecule has 2 aromatic heterocycles. The number of aromatic nitrogens is 4. The minimum absolute atomic E-state index is 0.682. The van der Waals surface area contributed by atoms with Gasteiger partial charge in [-0.15, -0.1) is 0 Å². The Labute approximate surface area is 107 Å². The molecule has 2 heterocycles. The van der Waals surface area contributed by atoms with Gasteiger partial charge >= 0.3 is 0 Å². The Hall–Kier alpha value is -1.91. The molecule has 0 aromatic carbocycles. The zero-order valence-electron chi connectivity index (χ0n) is 11.1. The largest absolute Gasteiger partial charge is 0.354 e. The zero-order valence-corrected chi connectivity index (χ0v) is 11.1. The van der Waals surface area contributed by atoms with Gasteiger partial charge < -0.3 is 5.32 Å². The molecule has 0 bridgehead atoms. The van der Waals surface area contributed by atoms with Crippen LogP contribution < -0.4 is 5.32 Å². The minimum atomic E-state index is 0.682. The molecule has 0 radical (unpaired) electrons. The molecule has 0 aliphatic rings. The summed E-state index contributed by atoms with van der Waals surface area (Å²) in [7, 11) is 0. The lowest BCUT2D eigenvalue weighted by molar-refractivity contribution is 0.665. The van der Waals surface area contributed by atoms with Crippen LogP contribution in [0.1, 0.15) is 25.8 Å². The van der Waals surface area contributed by atoms with Crippen molar-refractivity contribution in [3.05, 3.63) is 24.0 Å². The first-order chi connectivity index (χ1) is 8.76. The summed E-state index contributed by atoms with van der Waals surface area (Å²) in [6.45, 7) is 7.93. The number of hydrogen-bond donors (Lipinski definition) is 1. The first-order valence-corrected chi connectivity index (χ1v) is 6.36. The molecule has 96 valence electrons. The molecule has 2 aromatic rings. The molecule has 0 saturated heterocycles. The molecular weight excluding hydrogens is 226 g/mol. The van der Waals surface area contributed by atoms with Gasteiger partial charge in [-0.3, -0.25) is 4.68 Å². The summed E-state index contributed by atoms with van der Waals surface area (Å²) in [5.41, 5.74) is 3.05. The van der Waals surface area contributed by atoms with E-state index in [9.17, 15) is 0 Å². The number of nitrogens with one attached hydrogen (secondary N) is 1. The number of aryl methyl sites for hydroxylation is 2. The van der Waals surface area contributed by atoms with E-state index >= 15 is 0 Å². The second kappa shape index (κ2) is 5.62. The Balaban J connectivity index is 2.37. The van der Waals surface area contributed by atoms with Crippen LogP contribution in [-0.2, 0) is 6.54 Å². The van der Waals surface area contributed by atoms with Gasteiger partial charge in [-0.05, 0) is 31.9 Å². The smallest absolute Gasteiger partial charge is 0.223 e. The molecule has 0 amide bonds. The van der Waals surface area contributed by atoms with E-state index in [1.165, 1.54) is 0 Å². The van der Waals surface area contributed by atoms with Crippen LogP contribution in [0.4, 0.5) is 5.95 Å². The normalized spacial score (nSPS) is 10.6. The average Bonchev–Trinajstić information content (AvgIpc) is 2.86. The van der Waals surface area contributed by atoms with E-state index in [1.54, 1.807) is 6.20 Å². The molecule has 5 nitrogen and oxygen atoms in total. The maximum Gasteiger partial charge on any atom is 0.223 e. The number of hydrogen-bond acceptors (Lipinski definition) is 4. The van der Waals surface area contributed by atoms with Gasteiger partial charge in [0.1, 0.15) is 0 Å². The van der Waals surface area contributed by atoms with Crippen molar-refractivity contribution in [2.45, 2.75) is 33.7 Å². The summed E-state index contributed by atoms with van der Waals surface area (Å²) in [4.78, 5) is 8.87. The van der Waals surface area contributed by atoms with E-state index in [4.69, 9.17) is 0 Å². The second-order valence-corrected chi connectivity index (χ2v) is 4.18. The molecule has 0 saturated carbocycles. The monoisotopic (exact) mass is 245 g/mol. The summed E-state index contributed by atoms with van der Waals surface area (Å²) < 4.78 is 1.94. The molecule has 0 unspecified atom stereocenters. The van der Waals surface area contributed by atoms with Crippen LogP contribution in [0.15, 0.2) is 18.5 Å². The van der Waals surface area contributed by atoms with Gasteiger partial charge in [0.25, 0.3) is 0 Å². The predicted molar refractivity (Wildman–Crippen MR) is 72.4 cm³/mol. The highest BCUT2D eigenvalue weighted by atomic mass is 15.3. The molecular formula is C13H19N5.